The average Bonchev–Trinajstić information content (AvgIpc) is 3.23. The van der Waals surface area contributed by atoms with Crippen molar-refractivity contribution in [2.45, 2.75) is 25.5 Å². The molecule has 2 fully saturated rings. The molecule has 8 heteroatoms. The Balaban J connectivity index is 1.51. The number of amides is 1. The van der Waals surface area contributed by atoms with Gasteiger partial charge in [0.2, 0.25) is 0 Å². The van der Waals surface area contributed by atoms with E-state index in [2.05, 4.69) is 15.2 Å². The third-order valence-electron chi connectivity index (χ3n) is 5.25. The van der Waals surface area contributed by atoms with Crippen molar-refractivity contribution in [1.29, 1.82) is 0 Å². The lowest BCUT2D eigenvalue weighted by atomic mass is 10.2. The van der Waals surface area contributed by atoms with Crippen molar-refractivity contribution >= 4 is 17.6 Å². The molecule has 2 aliphatic heterocycles. The van der Waals surface area contributed by atoms with Crippen molar-refractivity contribution in [2.24, 2.45) is 4.99 Å². The number of carbonyl (C=O) groups excluding carboxylic acids is 1. The molecule has 7 nitrogen and oxygen atoms in total. The summed E-state index contributed by atoms with van der Waals surface area (Å²) in [5.41, 5.74) is 1.43. The van der Waals surface area contributed by atoms with Crippen LogP contribution in [0, 0.1) is 5.82 Å². The van der Waals surface area contributed by atoms with Gasteiger partial charge in [-0.3, -0.25) is 9.79 Å². The van der Waals surface area contributed by atoms with Gasteiger partial charge in [0.05, 0.1) is 5.69 Å². The van der Waals surface area contributed by atoms with Crippen LogP contribution >= 0.6 is 0 Å². The van der Waals surface area contributed by atoms with Gasteiger partial charge in [-0.05, 0) is 30.5 Å². The van der Waals surface area contributed by atoms with Crippen LogP contribution < -0.4 is 10.2 Å². The average molecular weight is 391 g/mol. The van der Waals surface area contributed by atoms with Gasteiger partial charge in [-0.25, -0.2) is 4.39 Å². The highest BCUT2D eigenvalue weighted by molar-refractivity contribution is 5.82. The molecule has 2 heterocycles. The number of benzene rings is 1. The van der Waals surface area contributed by atoms with E-state index in [4.69, 9.17) is 4.74 Å². The van der Waals surface area contributed by atoms with Gasteiger partial charge in [0, 0.05) is 60.5 Å². The van der Waals surface area contributed by atoms with Gasteiger partial charge in [-0.2, -0.15) is 0 Å². The SMILES string of the molecule is CN=C(NCc1ccc(N(C)C)c(F)c1)N1CCN(C(=O)C2CCCO2)CC1. The number of hydrogen-bond donors (Lipinski definition) is 1. The van der Waals surface area contributed by atoms with E-state index in [1.54, 1.807) is 24.1 Å². The Hall–Kier alpha value is -2.35. The van der Waals surface area contributed by atoms with Crippen molar-refractivity contribution in [3.8, 4) is 0 Å². The number of nitrogens with zero attached hydrogens (tertiary/aromatic N) is 4. The molecule has 0 aromatic heterocycles. The minimum Gasteiger partial charge on any atom is -0.375 e. The topological polar surface area (TPSA) is 60.4 Å². The van der Waals surface area contributed by atoms with E-state index in [1.165, 1.54) is 0 Å². The second-order valence-corrected chi connectivity index (χ2v) is 7.39. The second kappa shape index (κ2) is 9.23. The predicted octanol–water partition coefficient (Wildman–Crippen LogP) is 1.29. The summed E-state index contributed by atoms with van der Waals surface area (Å²) in [5.74, 6) is 0.637. The van der Waals surface area contributed by atoms with Gasteiger partial charge in [-0.1, -0.05) is 6.07 Å². The van der Waals surface area contributed by atoms with Crippen LogP contribution in [0.25, 0.3) is 0 Å². The molecular weight excluding hydrogens is 361 g/mol. The van der Waals surface area contributed by atoms with Crippen LogP contribution in [0.1, 0.15) is 18.4 Å². The van der Waals surface area contributed by atoms with Gasteiger partial charge in [-0.15, -0.1) is 0 Å². The third-order valence-corrected chi connectivity index (χ3v) is 5.25. The first-order valence-corrected chi connectivity index (χ1v) is 9.81. The van der Waals surface area contributed by atoms with E-state index in [0.29, 0.717) is 45.0 Å². The number of anilines is 1. The first-order chi connectivity index (χ1) is 13.5. The van der Waals surface area contributed by atoms with Crippen LogP contribution in [0.3, 0.4) is 0 Å². The number of carbonyl (C=O) groups is 1. The molecule has 154 valence electrons. The van der Waals surface area contributed by atoms with Crippen molar-refractivity contribution in [2.75, 3.05) is 58.8 Å². The summed E-state index contributed by atoms with van der Waals surface area (Å²) in [4.78, 5) is 22.6. The van der Waals surface area contributed by atoms with Gasteiger partial charge in [0.15, 0.2) is 5.96 Å². The molecule has 0 radical (unpaired) electrons. The van der Waals surface area contributed by atoms with Gasteiger partial charge in [0.25, 0.3) is 5.91 Å². The fourth-order valence-corrected chi connectivity index (χ4v) is 3.65. The zero-order chi connectivity index (χ0) is 20.1. The minimum absolute atomic E-state index is 0.108. The quantitative estimate of drug-likeness (QED) is 0.619. The molecule has 0 aliphatic carbocycles. The van der Waals surface area contributed by atoms with E-state index in [1.807, 2.05) is 25.1 Å². The Labute approximate surface area is 166 Å². The Morgan fingerprint density at radius 1 is 1.29 bits per heavy atom. The Morgan fingerprint density at radius 3 is 2.57 bits per heavy atom. The maximum atomic E-state index is 14.2. The minimum atomic E-state index is -0.260. The third kappa shape index (κ3) is 4.73. The van der Waals surface area contributed by atoms with E-state index in [0.717, 1.165) is 24.4 Å². The number of rotatable bonds is 4. The van der Waals surface area contributed by atoms with Crippen molar-refractivity contribution in [3.05, 3.63) is 29.6 Å². The fraction of sp³-hybridized carbons (Fsp3) is 0.600. The Morgan fingerprint density at radius 2 is 2.00 bits per heavy atom. The summed E-state index contributed by atoms with van der Waals surface area (Å²) >= 11 is 0. The zero-order valence-corrected chi connectivity index (χ0v) is 16.9. The first kappa shape index (κ1) is 20.4. The van der Waals surface area contributed by atoms with Crippen LogP contribution in [-0.4, -0.2) is 81.7 Å². The summed E-state index contributed by atoms with van der Waals surface area (Å²) < 4.78 is 19.7. The normalized spacial score (nSPS) is 20.4. The molecule has 2 saturated heterocycles. The summed E-state index contributed by atoms with van der Waals surface area (Å²) in [6.07, 6.45) is 1.53. The van der Waals surface area contributed by atoms with Gasteiger partial charge >= 0.3 is 0 Å². The maximum Gasteiger partial charge on any atom is 0.251 e. The molecule has 0 saturated carbocycles. The molecule has 28 heavy (non-hydrogen) atoms. The Kier molecular flexibility index (Phi) is 6.72. The standard InChI is InChI=1S/C20H30FN5O2/c1-22-20(23-14-15-6-7-17(24(2)3)16(21)13-15)26-10-8-25(9-11-26)19(27)18-5-4-12-28-18/h6-7,13,18H,4-5,8-12,14H2,1-3H3,(H,22,23). The van der Waals surface area contributed by atoms with Crippen LogP contribution in [0.2, 0.25) is 0 Å². The highest BCUT2D eigenvalue weighted by Gasteiger charge is 2.30. The van der Waals surface area contributed by atoms with E-state index < -0.39 is 0 Å². The smallest absolute Gasteiger partial charge is 0.251 e. The highest BCUT2D eigenvalue weighted by atomic mass is 19.1. The summed E-state index contributed by atoms with van der Waals surface area (Å²) in [6.45, 7) is 3.92. The molecule has 1 unspecified atom stereocenters. The van der Waals surface area contributed by atoms with Gasteiger partial charge in [0.1, 0.15) is 11.9 Å². The number of halogens is 1. The molecule has 1 N–H and O–H groups in total. The number of ether oxygens (including phenoxy) is 1. The molecule has 1 aromatic carbocycles. The van der Waals surface area contributed by atoms with Crippen molar-refractivity contribution in [3.63, 3.8) is 0 Å². The van der Waals surface area contributed by atoms with Crippen LogP contribution in [0.4, 0.5) is 10.1 Å². The maximum absolute atomic E-state index is 14.2. The van der Waals surface area contributed by atoms with Crippen LogP contribution in [0.15, 0.2) is 23.2 Å². The summed E-state index contributed by atoms with van der Waals surface area (Å²) in [7, 11) is 5.38. The molecule has 1 amide bonds. The van der Waals surface area contributed by atoms with Crippen molar-refractivity contribution < 1.29 is 13.9 Å². The molecule has 1 atom stereocenters. The summed E-state index contributed by atoms with van der Waals surface area (Å²) in [5, 5.41) is 3.30. The van der Waals surface area contributed by atoms with Crippen LogP contribution in [0.5, 0.6) is 0 Å². The van der Waals surface area contributed by atoms with Crippen LogP contribution in [-0.2, 0) is 16.1 Å². The molecular formula is C20H30FN5O2. The Bertz CT molecular complexity index is 711. The molecule has 2 aliphatic rings. The van der Waals surface area contributed by atoms with Gasteiger partial charge < -0.3 is 24.8 Å². The summed E-state index contributed by atoms with van der Waals surface area (Å²) in [6, 6.07) is 5.25. The lowest BCUT2D eigenvalue weighted by molar-refractivity contribution is -0.142. The molecule has 3 rings (SSSR count). The van der Waals surface area contributed by atoms with E-state index >= 15 is 0 Å². The number of guanidine groups is 1. The first-order valence-electron chi connectivity index (χ1n) is 9.81. The fourth-order valence-electron chi connectivity index (χ4n) is 3.65. The molecule has 0 bridgehead atoms. The number of piperazine rings is 1. The lowest BCUT2D eigenvalue weighted by Crippen LogP contribution is -2.55. The van der Waals surface area contributed by atoms with E-state index in [-0.39, 0.29) is 17.8 Å². The largest absolute Gasteiger partial charge is 0.375 e. The molecule has 0 spiro atoms. The highest BCUT2D eigenvalue weighted by Crippen LogP contribution is 2.18. The van der Waals surface area contributed by atoms with E-state index in [9.17, 15) is 9.18 Å². The zero-order valence-electron chi connectivity index (χ0n) is 16.9. The number of aliphatic imine (C=N–C) groups is 1. The number of hydrogen-bond acceptors (Lipinski definition) is 4. The second-order valence-electron chi connectivity index (χ2n) is 7.39. The molecule has 1 aromatic rings. The number of nitrogens with one attached hydrogen (secondary N) is 1. The monoisotopic (exact) mass is 391 g/mol. The predicted molar refractivity (Wildman–Crippen MR) is 108 cm³/mol. The van der Waals surface area contributed by atoms with Crippen molar-refractivity contribution in [1.82, 2.24) is 15.1 Å². The lowest BCUT2D eigenvalue weighted by Gasteiger charge is -2.37.